The molecule has 0 fully saturated rings. The molecule has 0 spiro atoms. The maximum absolute atomic E-state index is 11.9. The second-order valence-corrected chi connectivity index (χ2v) is 4.00. The normalized spacial score (nSPS) is 10.2. The number of esters is 1. The van der Waals surface area contributed by atoms with Gasteiger partial charge in [0.1, 0.15) is 6.61 Å². The van der Waals surface area contributed by atoms with E-state index in [-0.39, 0.29) is 12.6 Å². The molecule has 5 heteroatoms. The minimum Gasteiger partial charge on any atom is -0.460 e. The van der Waals surface area contributed by atoms with Crippen molar-refractivity contribution in [2.45, 2.75) is 6.92 Å². The van der Waals surface area contributed by atoms with Crippen LogP contribution in [0.5, 0.6) is 0 Å². The van der Waals surface area contributed by atoms with Crippen molar-refractivity contribution >= 4 is 17.3 Å². The smallest absolute Gasteiger partial charge is 0.340 e. The highest BCUT2D eigenvalue weighted by atomic mass is 16.6. The fourth-order valence-corrected chi connectivity index (χ4v) is 1.52. The van der Waals surface area contributed by atoms with Gasteiger partial charge in [-0.05, 0) is 25.1 Å². The Bertz CT molecular complexity index is 405. The van der Waals surface area contributed by atoms with Crippen LogP contribution in [0.3, 0.4) is 0 Å². The molecule has 1 aromatic rings. The first-order valence-electron chi connectivity index (χ1n) is 5.88. The molecular formula is C13H20N2O3. The molecule has 2 N–H and O–H groups in total. The molecular weight excluding hydrogens is 232 g/mol. The van der Waals surface area contributed by atoms with Gasteiger partial charge >= 0.3 is 5.97 Å². The summed E-state index contributed by atoms with van der Waals surface area (Å²) in [6.45, 7) is 3.15. The van der Waals surface area contributed by atoms with E-state index >= 15 is 0 Å². The Kier molecular flexibility index (Phi) is 5.45. The molecule has 1 aromatic carbocycles. The first kappa shape index (κ1) is 14.3. The van der Waals surface area contributed by atoms with Crippen molar-refractivity contribution in [2.75, 3.05) is 44.5 Å². The predicted molar refractivity (Wildman–Crippen MR) is 72.0 cm³/mol. The van der Waals surface area contributed by atoms with Gasteiger partial charge in [0, 0.05) is 26.4 Å². The summed E-state index contributed by atoms with van der Waals surface area (Å²) < 4.78 is 10.2. The fraction of sp³-hybridized carbons (Fsp3) is 0.462. The maximum Gasteiger partial charge on any atom is 0.340 e. The summed E-state index contributed by atoms with van der Waals surface area (Å²) in [5, 5.41) is 0. The summed E-state index contributed by atoms with van der Waals surface area (Å²) in [5.41, 5.74) is 7.48. The van der Waals surface area contributed by atoms with Crippen molar-refractivity contribution in [2.24, 2.45) is 0 Å². The van der Waals surface area contributed by atoms with Crippen molar-refractivity contribution in [3.8, 4) is 0 Å². The van der Waals surface area contributed by atoms with Gasteiger partial charge in [0.2, 0.25) is 0 Å². The molecule has 0 radical (unpaired) electrons. The fourth-order valence-electron chi connectivity index (χ4n) is 1.52. The third-order valence-electron chi connectivity index (χ3n) is 2.39. The molecule has 5 nitrogen and oxygen atoms in total. The Morgan fingerprint density at radius 1 is 1.33 bits per heavy atom. The first-order valence-corrected chi connectivity index (χ1v) is 5.88. The average Bonchev–Trinajstić information content (AvgIpc) is 2.34. The van der Waals surface area contributed by atoms with Gasteiger partial charge in [-0.15, -0.1) is 0 Å². The standard InChI is InChI=1S/C13H20N2O3/c1-4-17-7-8-18-13(16)11-9-10(14)5-6-12(11)15(2)3/h5-6,9H,4,7-8,14H2,1-3H3. The molecule has 0 heterocycles. The molecule has 0 unspecified atom stereocenters. The van der Waals surface area contributed by atoms with E-state index in [1.165, 1.54) is 0 Å². The highest BCUT2D eigenvalue weighted by molar-refractivity contribution is 5.96. The maximum atomic E-state index is 11.9. The summed E-state index contributed by atoms with van der Waals surface area (Å²) in [4.78, 5) is 13.8. The average molecular weight is 252 g/mol. The van der Waals surface area contributed by atoms with Gasteiger partial charge in [0.25, 0.3) is 0 Å². The SMILES string of the molecule is CCOCCOC(=O)c1cc(N)ccc1N(C)C. The summed E-state index contributed by atoms with van der Waals surface area (Å²) in [6.07, 6.45) is 0. The van der Waals surface area contributed by atoms with Crippen molar-refractivity contribution in [3.63, 3.8) is 0 Å². The number of ether oxygens (including phenoxy) is 2. The van der Waals surface area contributed by atoms with Crippen molar-refractivity contribution in [1.29, 1.82) is 0 Å². The largest absolute Gasteiger partial charge is 0.460 e. The molecule has 0 bridgehead atoms. The zero-order valence-electron chi connectivity index (χ0n) is 11.1. The summed E-state index contributed by atoms with van der Waals surface area (Å²) in [5.74, 6) is -0.384. The molecule has 18 heavy (non-hydrogen) atoms. The molecule has 0 atom stereocenters. The minimum absolute atomic E-state index is 0.244. The number of rotatable bonds is 6. The zero-order chi connectivity index (χ0) is 13.5. The van der Waals surface area contributed by atoms with E-state index in [1.54, 1.807) is 18.2 Å². The van der Waals surface area contributed by atoms with Crippen LogP contribution in [0.1, 0.15) is 17.3 Å². The number of nitrogens with two attached hydrogens (primary N) is 1. The van der Waals surface area contributed by atoms with Crippen LogP contribution in [-0.4, -0.2) is 39.9 Å². The molecule has 0 amide bonds. The van der Waals surface area contributed by atoms with Crippen LogP contribution in [0.2, 0.25) is 0 Å². The van der Waals surface area contributed by atoms with Crippen LogP contribution in [-0.2, 0) is 9.47 Å². The summed E-state index contributed by atoms with van der Waals surface area (Å²) >= 11 is 0. The van der Waals surface area contributed by atoms with Crippen LogP contribution < -0.4 is 10.6 Å². The highest BCUT2D eigenvalue weighted by Crippen LogP contribution is 2.22. The van der Waals surface area contributed by atoms with E-state index in [2.05, 4.69) is 0 Å². The van der Waals surface area contributed by atoms with Gasteiger partial charge in [-0.1, -0.05) is 0 Å². The topological polar surface area (TPSA) is 64.8 Å². The molecule has 0 saturated carbocycles. The molecule has 0 saturated heterocycles. The molecule has 100 valence electrons. The Balaban J connectivity index is 2.74. The molecule has 0 aliphatic rings. The Morgan fingerprint density at radius 2 is 2.06 bits per heavy atom. The van der Waals surface area contributed by atoms with Crippen LogP contribution in [0.25, 0.3) is 0 Å². The van der Waals surface area contributed by atoms with E-state index in [9.17, 15) is 4.79 Å². The lowest BCUT2D eigenvalue weighted by Gasteiger charge is -2.17. The predicted octanol–water partition coefficient (Wildman–Crippen LogP) is 1.53. The number of nitrogen functional groups attached to an aromatic ring is 1. The van der Waals surface area contributed by atoms with E-state index in [4.69, 9.17) is 15.2 Å². The van der Waals surface area contributed by atoms with Gasteiger partial charge in [-0.2, -0.15) is 0 Å². The van der Waals surface area contributed by atoms with Crippen molar-refractivity contribution in [3.05, 3.63) is 23.8 Å². The highest BCUT2D eigenvalue weighted by Gasteiger charge is 2.14. The van der Waals surface area contributed by atoms with E-state index < -0.39 is 0 Å². The Labute approximate surface area is 107 Å². The molecule has 0 aliphatic heterocycles. The quantitative estimate of drug-likeness (QED) is 0.472. The molecule has 0 aromatic heterocycles. The zero-order valence-corrected chi connectivity index (χ0v) is 11.1. The van der Waals surface area contributed by atoms with Crippen molar-refractivity contribution < 1.29 is 14.3 Å². The Hall–Kier alpha value is -1.75. The Morgan fingerprint density at radius 3 is 2.67 bits per heavy atom. The number of benzene rings is 1. The number of hydrogen-bond donors (Lipinski definition) is 1. The van der Waals surface area contributed by atoms with Crippen LogP contribution >= 0.6 is 0 Å². The molecule has 1 rings (SSSR count). The van der Waals surface area contributed by atoms with Gasteiger partial charge in [0.15, 0.2) is 0 Å². The van der Waals surface area contributed by atoms with Gasteiger partial charge in [0.05, 0.1) is 17.9 Å². The van der Waals surface area contributed by atoms with E-state index in [1.807, 2.05) is 25.9 Å². The third kappa shape index (κ3) is 3.92. The summed E-state index contributed by atoms with van der Waals surface area (Å²) in [7, 11) is 3.73. The lowest BCUT2D eigenvalue weighted by atomic mass is 10.1. The van der Waals surface area contributed by atoms with Crippen LogP contribution in [0.15, 0.2) is 18.2 Å². The number of carbonyl (C=O) groups excluding carboxylic acids is 1. The van der Waals surface area contributed by atoms with Gasteiger partial charge in [-0.3, -0.25) is 0 Å². The third-order valence-corrected chi connectivity index (χ3v) is 2.39. The van der Waals surface area contributed by atoms with Crippen molar-refractivity contribution in [1.82, 2.24) is 0 Å². The number of nitrogens with zero attached hydrogens (tertiary/aromatic N) is 1. The lowest BCUT2D eigenvalue weighted by Crippen LogP contribution is -2.17. The minimum atomic E-state index is -0.384. The van der Waals surface area contributed by atoms with Crippen LogP contribution in [0.4, 0.5) is 11.4 Å². The number of hydrogen-bond acceptors (Lipinski definition) is 5. The van der Waals surface area contributed by atoms with E-state index in [0.29, 0.717) is 24.5 Å². The first-order chi connectivity index (χ1) is 8.56. The van der Waals surface area contributed by atoms with Gasteiger partial charge < -0.3 is 20.1 Å². The van der Waals surface area contributed by atoms with E-state index in [0.717, 1.165) is 5.69 Å². The second kappa shape index (κ2) is 6.86. The monoisotopic (exact) mass is 252 g/mol. The second-order valence-electron chi connectivity index (χ2n) is 4.00. The van der Waals surface area contributed by atoms with Crippen LogP contribution in [0, 0.1) is 0 Å². The number of carbonyl (C=O) groups is 1. The van der Waals surface area contributed by atoms with Gasteiger partial charge in [-0.25, -0.2) is 4.79 Å². The molecule has 0 aliphatic carbocycles. The lowest BCUT2D eigenvalue weighted by molar-refractivity contribution is 0.0336. The number of anilines is 2. The summed E-state index contributed by atoms with van der Waals surface area (Å²) in [6, 6.07) is 5.18.